The fourth-order valence-electron chi connectivity index (χ4n) is 3.39. The van der Waals surface area contributed by atoms with Gasteiger partial charge in [0, 0.05) is 12.3 Å². The number of methoxy groups -OCH3 is 1. The summed E-state index contributed by atoms with van der Waals surface area (Å²) in [7, 11) is 1.67. The van der Waals surface area contributed by atoms with Gasteiger partial charge in [0.1, 0.15) is 11.5 Å². The Balaban J connectivity index is 2.12. The van der Waals surface area contributed by atoms with Crippen LogP contribution in [0, 0.1) is 5.41 Å². The molecule has 0 N–H and O–H groups in total. The molecule has 1 saturated carbocycles. The van der Waals surface area contributed by atoms with Crippen molar-refractivity contribution in [2.45, 2.75) is 32.1 Å². The number of rotatable bonds is 1. The Morgan fingerprint density at radius 1 is 1.44 bits per heavy atom. The van der Waals surface area contributed by atoms with Crippen molar-refractivity contribution in [2.75, 3.05) is 7.11 Å². The van der Waals surface area contributed by atoms with Crippen LogP contribution in [0.4, 0.5) is 0 Å². The quantitative estimate of drug-likeness (QED) is 0.721. The highest BCUT2D eigenvalue weighted by Crippen LogP contribution is 2.55. The Hall–Kier alpha value is -1.31. The average molecular weight is 216 g/mol. The molecule has 0 aromatic heterocycles. The molecule has 0 radical (unpaired) electrons. The smallest absolute Gasteiger partial charge is 0.140 e. The van der Waals surface area contributed by atoms with E-state index in [-0.39, 0.29) is 11.3 Å². The summed E-state index contributed by atoms with van der Waals surface area (Å²) in [5.41, 5.74) is 2.72. The number of hydrogen-bond donors (Lipinski definition) is 0. The van der Waals surface area contributed by atoms with Crippen LogP contribution in [0.15, 0.2) is 18.2 Å². The molecule has 2 aliphatic rings. The Morgan fingerprint density at radius 3 is 3.00 bits per heavy atom. The van der Waals surface area contributed by atoms with Gasteiger partial charge in [-0.1, -0.05) is 13.0 Å². The first kappa shape index (κ1) is 9.88. The molecule has 1 aromatic carbocycles. The standard InChI is InChI=1S/C14H16O2/c1-14-6-5-12(15)13(14)11-7-10(16-2)4-3-9(11)8-14/h3-4,7,13H,5-6,8H2,1-2H3/t13-,14-/m0/s1. The highest BCUT2D eigenvalue weighted by Gasteiger charge is 2.50. The van der Waals surface area contributed by atoms with E-state index >= 15 is 0 Å². The van der Waals surface area contributed by atoms with E-state index in [2.05, 4.69) is 19.1 Å². The van der Waals surface area contributed by atoms with E-state index in [1.54, 1.807) is 7.11 Å². The molecule has 2 aliphatic carbocycles. The zero-order chi connectivity index (χ0) is 11.3. The first-order valence-electron chi connectivity index (χ1n) is 5.83. The Labute approximate surface area is 95.6 Å². The molecule has 1 fully saturated rings. The van der Waals surface area contributed by atoms with Crippen molar-refractivity contribution in [3.05, 3.63) is 29.3 Å². The monoisotopic (exact) mass is 216 g/mol. The molecular weight excluding hydrogens is 200 g/mol. The van der Waals surface area contributed by atoms with E-state index in [0.717, 1.165) is 25.0 Å². The summed E-state index contributed by atoms with van der Waals surface area (Å²) in [6.45, 7) is 2.25. The lowest BCUT2D eigenvalue weighted by Crippen LogP contribution is -2.18. The minimum absolute atomic E-state index is 0.123. The van der Waals surface area contributed by atoms with E-state index < -0.39 is 0 Å². The van der Waals surface area contributed by atoms with Gasteiger partial charge in [-0.25, -0.2) is 0 Å². The van der Waals surface area contributed by atoms with Gasteiger partial charge in [0.15, 0.2) is 0 Å². The summed E-state index contributed by atoms with van der Waals surface area (Å²) in [5.74, 6) is 1.40. The lowest BCUT2D eigenvalue weighted by atomic mass is 9.80. The summed E-state index contributed by atoms with van der Waals surface area (Å²) < 4.78 is 5.24. The summed E-state index contributed by atoms with van der Waals surface area (Å²) in [4.78, 5) is 12.0. The predicted octanol–water partition coefficient (Wildman–Crippen LogP) is 2.70. The summed E-state index contributed by atoms with van der Waals surface area (Å²) >= 11 is 0. The van der Waals surface area contributed by atoms with Crippen LogP contribution in [0.3, 0.4) is 0 Å². The van der Waals surface area contributed by atoms with Crippen LogP contribution in [-0.2, 0) is 11.2 Å². The van der Waals surface area contributed by atoms with Crippen LogP contribution < -0.4 is 4.74 Å². The second-order valence-corrected chi connectivity index (χ2v) is 5.29. The molecule has 2 atom stereocenters. The number of carbonyl (C=O) groups excluding carboxylic acids is 1. The second kappa shape index (κ2) is 3.09. The largest absolute Gasteiger partial charge is 0.497 e. The molecule has 1 aromatic rings. The van der Waals surface area contributed by atoms with Crippen molar-refractivity contribution >= 4 is 5.78 Å². The molecule has 2 nitrogen and oxygen atoms in total. The summed E-state index contributed by atoms with van der Waals surface area (Å²) in [6.07, 6.45) is 2.83. The molecule has 0 heterocycles. The molecular formula is C14H16O2. The van der Waals surface area contributed by atoms with E-state index in [4.69, 9.17) is 4.74 Å². The molecule has 3 rings (SSSR count). The number of Topliss-reactive ketones (excluding diaryl/α,β-unsaturated/α-hetero) is 1. The highest BCUT2D eigenvalue weighted by atomic mass is 16.5. The number of ketones is 1. The number of ether oxygens (including phenoxy) is 1. The number of hydrogen-bond acceptors (Lipinski definition) is 2. The van der Waals surface area contributed by atoms with Crippen LogP contribution >= 0.6 is 0 Å². The van der Waals surface area contributed by atoms with Crippen LogP contribution in [0.2, 0.25) is 0 Å². The summed E-state index contributed by atoms with van der Waals surface area (Å²) in [6, 6.07) is 6.16. The van der Waals surface area contributed by atoms with Crippen molar-refractivity contribution in [3.8, 4) is 5.75 Å². The molecule has 2 heteroatoms. The first-order chi connectivity index (χ1) is 7.64. The van der Waals surface area contributed by atoms with Gasteiger partial charge < -0.3 is 4.74 Å². The maximum absolute atomic E-state index is 12.0. The van der Waals surface area contributed by atoms with Gasteiger partial charge in [0.25, 0.3) is 0 Å². The molecule has 0 bridgehead atoms. The molecule has 0 unspecified atom stereocenters. The van der Waals surface area contributed by atoms with Gasteiger partial charge in [-0.15, -0.1) is 0 Å². The van der Waals surface area contributed by atoms with E-state index in [9.17, 15) is 4.79 Å². The Morgan fingerprint density at radius 2 is 2.25 bits per heavy atom. The maximum Gasteiger partial charge on any atom is 0.140 e. The van der Waals surface area contributed by atoms with Crippen molar-refractivity contribution in [1.29, 1.82) is 0 Å². The highest BCUT2D eigenvalue weighted by molar-refractivity contribution is 5.90. The number of fused-ring (bicyclic) bond motifs is 3. The fraction of sp³-hybridized carbons (Fsp3) is 0.500. The molecule has 0 amide bonds. The van der Waals surface area contributed by atoms with E-state index in [1.165, 1.54) is 11.1 Å². The summed E-state index contributed by atoms with van der Waals surface area (Å²) in [5, 5.41) is 0. The van der Waals surface area contributed by atoms with Crippen molar-refractivity contribution in [2.24, 2.45) is 5.41 Å². The lowest BCUT2D eigenvalue weighted by Gasteiger charge is -2.22. The molecule has 0 saturated heterocycles. The average Bonchev–Trinajstić information content (AvgIpc) is 2.72. The first-order valence-corrected chi connectivity index (χ1v) is 5.83. The van der Waals surface area contributed by atoms with Crippen LogP contribution in [-0.4, -0.2) is 12.9 Å². The molecule has 84 valence electrons. The molecule has 16 heavy (non-hydrogen) atoms. The van der Waals surface area contributed by atoms with E-state index in [0.29, 0.717) is 5.78 Å². The number of carbonyl (C=O) groups is 1. The maximum atomic E-state index is 12.0. The third kappa shape index (κ3) is 1.16. The minimum atomic E-state index is 0.123. The third-order valence-corrected chi connectivity index (χ3v) is 4.22. The van der Waals surface area contributed by atoms with Crippen molar-refractivity contribution in [3.63, 3.8) is 0 Å². The van der Waals surface area contributed by atoms with Crippen molar-refractivity contribution < 1.29 is 9.53 Å². The van der Waals surface area contributed by atoms with Gasteiger partial charge in [-0.3, -0.25) is 4.79 Å². The SMILES string of the molecule is COc1ccc2c(c1)[C@H]1C(=O)CC[C@@]1(C)C2. The van der Waals surface area contributed by atoms with E-state index in [1.807, 2.05) is 6.07 Å². The molecule has 0 aliphatic heterocycles. The van der Waals surface area contributed by atoms with Gasteiger partial charge in [-0.2, -0.15) is 0 Å². The topological polar surface area (TPSA) is 26.3 Å². The second-order valence-electron chi connectivity index (χ2n) is 5.29. The van der Waals surface area contributed by atoms with Gasteiger partial charge in [0.2, 0.25) is 0 Å². The number of benzene rings is 1. The zero-order valence-electron chi connectivity index (χ0n) is 9.75. The Kier molecular flexibility index (Phi) is 1.91. The fourth-order valence-corrected chi connectivity index (χ4v) is 3.39. The third-order valence-electron chi connectivity index (χ3n) is 4.22. The zero-order valence-corrected chi connectivity index (χ0v) is 9.75. The Bertz CT molecular complexity index is 464. The van der Waals surface area contributed by atoms with Crippen LogP contribution in [0.25, 0.3) is 0 Å². The van der Waals surface area contributed by atoms with Crippen LogP contribution in [0.1, 0.15) is 36.8 Å². The minimum Gasteiger partial charge on any atom is -0.497 e. The van der Waals surface area contributed by atoms with Crippen LogP contribution in [0.5, 0.6) is 5.75 Å². The lowest BCUT2D eigenvalue weighted by molar-refractivity contribution is -0.119. The van der Waals surface area contributed by atoms with Gasteiger partial charge >= 0.3 is 0 Å². The van der Waals surface area contributed by atoms with Crippen molar-refractivity contribution in [1.82, 2.24) is 0 Å². The normalized spacial score (nSPS) is 31.4. The van der Waals surface area contributed by atoms with Gasteiger partial charge in [0.05, 0.1) is 7.11 Å². The molecule has 0 spiro atoms. The van der Waals surface area contributed by atoms with Gasteiger partial charge in [-0.05, 0) is 41.5 Å². The predicted molar refractivity (Wildman–Crippen MR) is 61.8 cm³/mol.